The Morgan fingerprint density at radius 2 is 1.80 bits per heavy atom. The summed E-state index contributed by atoms with van der Waals surface area (Å²) in [5, 5.41) is 6.07. The maximum absolute atomic E-state index is 12.0. The lowest BCUT2D eigenvalue weighted by atomic mass is 10.0. The smallest absolute Gasteiger partial charge is 0.319 e. The van der Waals surface area contributed by atoms with Gasteiger partial charge in [-0.05, 0) is 60.6 Å². The molecule has 4 rings (SSSR count). The van der Waals surface area contributed by atoms with E-state index in [-0.39, 0.29) is 6.03 Å². The molecule has 3 saturated carbocycles. The first-order valence-corrected chi connectivity index (χ1v) is 7.63. The SMILES string of the molecule is NCc1ccc(NC(=O)NC2C3C4CCC(C4)C23)cc1. The van der Waals surface area contributed by atoms with Gasteiger partial charge in [-0.15, -0.1) is 0 Å². The van der Waals surface area contributed by atoms with Crippen LogP contribution < -0.4 is 16.4 Å². The van der Waals surface area contributed by atoms with Crippen LogP contribution in [0.25, 0.3) is 0 Å². The lowest BCUT2D eigenvalue weighted by Crippen LogP contribution is -2.33. The van der Waals surface area contributed by atoms with E-state index in [4.69, 9.17) is 5.73 Å². The van der Waals surface area contributed by atoms with Crippen molar-refractivity contribution in [1.29, 1.82) is 0 Å². The number of hydrogen-bond donors (Lipinski definition) is 3. The van der Waals surface area contributed by atoms with Crippen LogP contribution in [0.4, 0.5) is 10.5 Å². The fourth-order valence-corrected chi connectivity index (χ4v) is 4.56. The highest BCUT2D eigenvalue weighted by Crippen LogP contribution is 2.65. The van der Waals surface area contributed by atoms with E-state index in [1.807, 2.05) is 24.3 Å². The Morgan fingerprint density at radius 3 is 2.40 bits per heavy atom. The summed E-state index contributed by atoms with van der Waals surface area (Å²) in [6.45, 7) is 0.528. The van der Waals surface area contributed by atoms with Crippen molar-refractivity contribution in [2.45, 2.75) is 31.8 Å². The van der Waals surface area contributed by atoms with Crippen molar-refractivity contribution in [2.75, 3.05) is 5.32 Å². The molecule has 0 aliphatic heterocycles. The van der Waals surface area contributed by atoms with Crippen LogP contribution in [0, 0.1) is 23.7 Å². The number of benzene rings is 1. The first kappa shape index (κ1) is 12.2. The van der Waals surface area contributed by atoms with Crippen LogP contribution in [-0.2, 0) is 6.54 Å². The molecule has 3 fully saturated rings. The lowest BCUT2D eigenvalue weighted by molar-refractivity contribution is 0.249. The summed E-state index contributed by atoms with van der Waals surface area (Å²) in [6, 6.07) is 8.07. The Hall–Kier alpha value is -1.55. The molecule has 106 valence electrons. The number of fused-ring (bicyclic) bond motifs is 5. The van der Waals surface area contributed by atoms with Crippen LogP contribution in [0.5, 0.6) is 0 Å². The predicted molar refractivity (Wildman–Crippen MR) is 78.1 cm³/mol. The molecule has 4 N–H and O–H groups in total. The summed E-state index contributed by atoms with van der Waals surface area (Å²) >= 11 is 0. The number of nitrogens with one attached hydrogen (secondary N) is 2. The quantitative estimate of drug-likeness (QED) is 0.789. The zero-order chi connectivity index (χ0) is 13.7. The van der Waals surface area contributed by atoms with Crippen LogP contribution in [0.3, 0.4) is 0 Å². The van der Waals surface area contributed by atoms with Gasteiger partial charge in [-0.3, -0.25) is 0 Å². The Labute approximate surface area is 119 Å². The van der Waals surface area contributed by atoms with Gasteiger partial charge in [0.05, 0.1) is 0 Å². The number of nitrogens with two attached hydrogens (primary N) is 1. The minimum absolute atomic E-state index is 0.0655. The van der Waals surface area contributed by atoms with Crippen LogP contribution in [0.1, 0.15) is 24.8 Å². The van der Waals surface area contributed by atoms with Gasteiger partial charge in [0.25, 0.3) is 0 Å². The number of hydrogen-bond acceptors (Lipinski definition) is 2. The van der Waals surface area contributed by atoms with E-state index in [1.54, 1.807) is 0 Å². The van der Waals surface area contributed by atoms with Gasteiger partial charge in [-0.25, -0.2) is 4.79 Å². The van der Waals surface area contributed by atoms with E-state index >= 15 is 0 Å². The Kier molecular flexibility index (Phi) is 2.74. The molecule has 20 heavy (non-hydrogen) atoms. The van der Waals surface area contributed by atoms with Gasteiger partial charge in [0, 0.05) is 18.3 Å². The molecule has 0 saturated heterocycles. The molecule has 4 heteroatoms. The second-order valence-electron chi connectivity index (χ2n) is 6.51. The second-order valence-corrected chi connectivity index (χ2v) is 6.51. The maximum Gasteiger partial charge on any atom is 0.319 e. The number of amides is 2. The van der Waals surface area contributed by atoms with Crippen LogP contribution >= 0.6 is 0 Å². The molecule has 2 amide bonds. The lowest BCUT2D eigenvalue weighted by Gasteiger charge is -2.12. The molecule has 1 aromatic rings. The largest absolute Gasteiger partial charge is 0.335 e. The Balaban J connectivity index is 1.33. The second kappa shape index (κ2) is 4.48. The van der Waals surface area contributed by atoms with Crippen LogP contribution in [0.15, 0.2) is 24.3 Å². The van der Waals surface area contributed by atoms with Gasteiger partial charge in [0.15, 0.2) is 0 Å². The summed E-state index contributed by atoms with van der Waals surface area (Å²) in [4.78, 5) is 12.0. The molecule has 0 aromatic heterocycles. The molecule has 0 heterocycles. The van der Waals surface area contributed by atoms with E-state index in [1.165, 1.54) is 19.3 Å². The summed E-state index contributed by atoms with van der Waals surface area (Å²) in [5.41, 5.74) is 7.46. The normalized spacial score (nSPS) is 36.5. The molecule has 4 atom stereocenters. The van der Waals surface area contributed by atoms with E-state index in [2.05, 4.69) is 10.6 Å². The van der Waals surface area contributed by atoms with Crippen LogP contribution in [-0.4, -0.2) is 12.1 Å². The molecular formula is C16H21N3O. The van der Waals surface area contributed by atoms with Gasteiger partial charge in [0.2, 0.25) is 0 Å². The van der Waals surface area contributed by atoms with Crippen molar-refractivity contribution >= 4 is 11.7 Å². The van der Waals surface area contributed by atoms with E-state index < -0.39 is 0 Å². The highest BCUT2D eigenvalue weighted by molar-refractivity contribution is 5.89. The molecule has 3 aliphatic rings. The minimum atomic E-state index is -0.0655. The molecule has 4 nitrogen and oxygen atoms in total. The fraction of sp³-hybridized carbons (Fsp3) is 0.562. The molecule has 2 bridgehead atoms. The topological polar surface area (TPSA) is 67.1 Å². The first-order chi connectivity index (χ1) is 9.76. The van der Waals surface area contributed by atoms with Crippen molar-refractivity contribution in [3.8, 4) is 0 Å². The molecular weight excluding hydrogens is 250 g/mol. The number of urea groups is 1. The third-order valence-electron chi connectivity index (χ3n) is 5.48. The highest BCUT2D eigenvalue weighted by Gasteiger charge is 2.65. The number of carbonyl (C=O) groups is 1. The molecule has 3 aliphatic carbocycles. The number of anilines is 1. The zero-order valence-corrected chi connectivity index (χ0v) is 11.5. The summed E-state index contributed by atoms with van der Waals surface area (Å²) in [7, 11) is 0. The van der Waals surface area contributed by atoms with Crippen molar-refractivity contribution in [3.63, 3.8) is 0 Å². The summed E-state index contributed by atoms with van der Waals surface area (Å²) in [6.07, 6.45) is 4.17. The van der Waals surface area contributed by atoms with Crippen molar-refractivity contribution in [3.05, 3.63) is 29.8 Å². The third-order valence-corrected chi connectivity index (χ3v) is 5.48. The predicted octanol–water partition coefficient (Wildman–Crippen LogP) is 2.31. The first-order valence-electron chi connectivity index (χ1n) is 7.63. The molecule has 0 spiro atoms. The maximum atomic E-state index is 12.0. The van der Waals surface area contributed by atoms with E-state index in [0.717, 1.165) is 34.9 Å². The van der Waals surface area contributed by atoms with E-state index in [9.17, 15) is 4.79 Å². The number of carbonyl (C=O) groups excluding carboxylic acids is 1. The van der Waals surface area contributed by atoms with Gasteiger partial charge < -0.3 is 16.4 Å². The van der Waals surface area contributed by atoms with Crippen molar-refractivity contribution in [2.24, 2.45) is 29.4 Å². The molecule has 0 radical (unpaired) electrons. The van der Waals surface area contributed by atoms with Gasteiger partial charge in [-0.1, -0.05) is 12.1 Å². The molecule has 1 aromatic carbocycles. The van der Waals surface area contributed by atoms with Gasteiger partial charge in [-0.2, -0.15) is 0 Å². The standard InChI is InChI=1S/C16H21N3O/c17-8-9-1-5-12(6-2-9)18-16(20)19-15-13-10-3-4-11(7-10)14(13)15/h1-2,5-6,10-11,13-15H,3-4,7-8,17H2,(H2,18,19,20). The van der Waals surface area contributed by atoms with Crippen molar-refractivity contribution < 1.29 is 4.79 Å². The Morgan fingerprint density at radius 1 is 1.15 bits per heavy atom. The Bertz CT molecular complexity index is 511. The van der Waals surface area contributed by atoms with Crippen molar-refractivity contribution in [1.82, 2.24) is 5.32 Å². The third kappa shape index (κ3) is 1.90. The summed E-state index contributed by atoms with van der Waals surface area (Å²) in [5.74, 6) is 3.33. The molecule has 4 unspecified atom stereocenters. The zero-order valence-electron chi connectivity index (χ0n) is 11.5. The monoisotopic (exact) mass is 271 g/mol. The highest BCUT2D eigenvalue weighted by atomic mass is 16.2. The minimum Gasteiger partial charge on any atom is -0.335 e. The number of rotatable bonds is 3. The van der Waals surface area contributed by atoms with E-state index in [0.29, 0.717) is 12.6 Å². The van der Waals surface area contributed by atoms with Crippen LogP contribution in [0.2, 0.25) is 0 Å². The average Bonchev–Trinajstić information content (AvgIpc) is 2.85. The van der Waals surface area contributed by atoms with Gasteiger partial charge in [0.1, 0.15) is 0 Å². The average molecular weight is 271 g/mol. The summed E-state index contributed by atoms with van der Waals surface area (Å²) < 4.78 is 0. The van der Waals surface area contributed by atoms with Gasteiger partial charge >= 0.3 is 6.03 Å². The fourth-order valence-electron chi connectivity index (χ4n) is 4.56.